The first kappa shape index (κ1) is 12.8. The van der Waals surface area contributed by atoms with E-state index < -0.39 is 0 Å². The lowest BCUT2D eigenvalue weighted by molar-refractivity contribution is -0.384. The highest BCUT2D eigenvalue weighted by Gasteiger charge is 2.29. The van der Waals surface area contributed by atoms with Crippen LogP contribution in [-0.4, -0.2) is 29.2 Å². The molecule has 0 spiro atoms. The van der Waals surface area contributed by atoms with Gasteiger partial charge in [0.1, 0.15) is 0 Å². The van der Waals surface area contributed by atoms with Crippen molar-refractivity contribution in [3.63, 3.8) is 0 Å². The molecule has 0 saturated heterocycles. The molecule has 2 rings (SSSR count). The number of methoxy groups -OCH3 is 1. The van der Waals surface area contributed by atoms with Gasteiger partial charge < -0.3 is 10.1 Å². The van der Waals surface area contributed by atoms with Gasteiger partial charge in [0.25, 0.3) is 0 Å². The first-order chi connectivity index (χ1) is 8.63. The SMILES string of the molecule is COC1CCCC1Nc1nccc(C)c1[N+](=O)[O-]. The monoisotopic (exact) mass is 251 g/mol. The molecule has 6 heteroatoms. The summed E-state index contributed by atoms with van der Waals surface area (Å²) >= 11 is 0. The molecule has 1 N–H and O–H groups in total. The van der Waals surface area contributed by atoms with Crippen LogP contribution in [0.3, 0.4) is 0 Å². The summed E-state index contributed by atoms with van der Waals surface area (Å²) in [4.78, 5) is 14.8. The molecule has 0 bridgehead atoms. The van der Waals surface area contributed by atoms with Crippen molar-refractivity contribution >= 4 is 11.5 Å². The van der Waals surface area contributed by atoms with E-state index in [-0.39, 0.29) is 22.8 Å². The van der Waals surface area contributed by atoms with Gasteiger partial charge in [-0.15, -0.1) is 0 Å². The van der Waals surface area contributed by atoms with E-state index in [9.17, 15) is 10.1 Å². The maximum atomic E-state index is 11.1. The van der Waals surface area contributed by atoms with E-state index in [0.29, 0.717) is 11.4 Å². The zero-order valence-electron chi connectivity index (χ0n) is 10.5. The number of aryl methyl sites for hydroxylation is 1. The molecular weight excluding hydrogens is 234 g/mol. The second-order valence-electron chi connectivity index (χ2n) is 4.54. The molecule has 0 radical (unpaired) electrons. The molecule has 0 aromatic carbocycles. The van der Waals surface area contributed by atoms with E-state index >= 15 is 0 Å². The number of nitro groups is 1. The quantitative estimate of drug-likeness (QED) is 0.656. The molecule has 1 aromatic rings. The van der Waals surface area contributed by atoms with Crippen LogP contribution in [0.2, 0.25) is 0 Å². The van der Waals surface area contributed by atoms with E-state index in [2.05, 4.69) is 10.3 Å². The van der Waals surface area contributed by atoms with Crippen LogP contribution in [0.15, 0.2) is 12.3 Å². The summed E-state index contributed by atoms with van der Waals surface area (Å²) in [6.45, 7) is 1.72. The molecule has 2 unspecified atom stereocenters. The molecule has 1 aliphatic carbocycles. The summed E-state index contributed by atoms with van der Waals surface area (Å²) in [5.74, 6) is 0.342. The zero-order valence-corrected chi connectivity index (χ0v) is 10.5. The number of nitrogens with one attached hydrogen (secondary N) is 1. The van der Waals surface area contributed by atoms with E-state index in [1.54, 1.807) is 26.3 Å². The Morgan fingerprint density at radius 1 is 1.56 bits per heavy atom. The highest BCUT2D eigenvalue weighted by molar-refractivity contribution is 5.60. The number of aromatic nitrogens is 1. The molecule has 0 aliphatic heterocycles. The Labute approximate surface area is 106 Å². The van der Waals surface area contributed by atoms with Crippen molar-refractivity contribution in [2.45, 2.75) is 38.3 Å². The van der Waals surface area contributed by atoms with E-state index in [0.717, 1.165) is 19.3 Å². The molecular formula is C12H17N3O3. The lowest BCUT2D eigenvalue weighted by atomic mass is 10.2. The molecule has 2 atom stereocenters. The highest BCUT2D eigenvalue weighted by atomic mass is 16.6. The second-order valence-corrected chi connectivity index (χ2v) is 4.54. The average Bonchev–Trinajstić information content (AvgIpc) is 2.76. The normalized spacial score (nSPS) is 23.0. The van der Waals surface area contributed by atoms with Gasteiger partial charge in [0.05, 0.1) is 17.1 Å². The number of rotatable bonds is 4. The fourth-order valence-corrected chi connectivity index (χ4v) is 2.44. The maximum Gasteiger partial charge on any atom is 0.314 e. The third kappa shape index (κ3) is 2.43. The van der Waals surface area contributed by atoms with Crippen LogP contribution in [0.4, 0.5) is 11.5 Å². The third-order valence-electron chi connectivity index (χ3n) is 3.39. The Hall–Kier alpha value is -1.69. The van der Waals surface area contributed by atoms with Gasteiger partial charge in [-0.2, -0.15) is 0 Å². The van der Waals surface area contributed by atoms with Gasteiger partial charge in [0.15, 0.2) is 0 Å². The van der Waals surface area contributed by atoms with Crippen molar-refractivity contribution in [3.05, 3.63) is 27.9 Å². The minimum Gasteiger partial charge on any atom is -0.379 e. The van der Waals surface area contributed by atoms with Crippen LogP contribution in [0.5, 0.6) is 0 Å². The van der Waals surface area contributed by atoms with Crippen LogP contribution in [0.25, 0.3) is 0 Å². The van der Waals surface area contributed by atoms with Gasteiger partial charge in [0.2, 0.25) is 5.82 Å². The van der Waals surface area contributed by atoms with Crippen LogP contribution in [0, 0.1) is 17.0 Å². The van der Waals surface area contributed by atoms with Crippen LogP contribution < -0.4 is 5.32 Å². The lowest BCUT2D eigenvalue weighted by Gasteiger charge is -2.20. The van der Waals surface area contributed by atoms with Crippen LogP contribution >= 0.6 is 0 Å². The Morgan fingerprint density at radius 3 is 3.00 bits per heavy atom. The van der Waals surface area contributed by atoms with Gasteiger partial charge in [0, 0.05) is 18.9 Å². The van der Waals surface area contributed by atoms with Gasteiger partial charge >= 0.3 is 5.69 Å². The molecule has 0 amide bonds. The lowest BCUT2D eigenvalue weighted by Crippen LogP contribution is -2.30. The van der Waals surface area contributed by atoms with Crippen molar-refractivity contribution in [3.8, 4) is 0 Å². The fraction of sp³-hybridized carbons (Fsp3) is 0.583. The third-order valence-corrected chi connectivity index (χ3v) is 3.39. The minimum absolute atomic E-state index is 0.0549. The van der Waals surface area contributed by atoms with E-state index in [1.165, 1.54) is 0 Å². The molecule has 6 nitrogen and oxygen atoms in total. The van der Waals surface area contributed by atoms with Crippen LogP contribution in [0.1, 0.15) is 24.8 Å². The maximum absolute atomic E-state index is 11.1. The van der Waals surface area contributed by atoms with Gasteiger partial charge in [-0.3, -0.25) is 10.1 Å². The first-order valence-electron chi connectivity index (χ1n) is 6.03. The van der Waals surface area contributed by atoms with Crippen molar-refractivity contribution in [2.24, 2.45) is 0 Å². The van der Waals surface area contributed by atoms with E-state index in [4.69, 9.17) is 4.74 Å². The number of ether oxygens (including phenoxy) is 1. The Morgan fingerprint density at radius 2 is 2.33 bits per heavy atom. The summed E-state index contributed by atoms with van der Waals surface area (Å²) in [6.07, 6.45) is 4.68. The highest BCUT2D eigenvalue weighted by Crippen LogP contribution is 2.30. The van der Waals surface area contributed by atoms with E-state index in [1.807, 2.05) is 0 Å². The average molecular weight is 251 g/mol. The Bertz CT molecular complexity index is 450. The summed E-state index contributed by atoms with van der Waals surface area (Å²) in [5.41, 5.74) is 0.670. The summed E-state index contributed by atoms with van der Waals surface area (Å²) < 4.78 is 5.37. The Kier molecular flexibility index (Phi) is 3.76. The Balaban J connectivity index is 2.23. The number of pyridine rings is 1. The fourth-order valence-electron chi connectivity index (χ4n) is 2.44. The van der Waals surface area contributed by atoms with Crippen molar-refractivity contribution in [2.75, 3.05) is 12.4 Å². The minimum atomic E-state index is -0.387. The second kappa shape index (κ2) is 5.30. The zero-order chi connectivity index (χ0) is 13.1. The summed E-state index contributed by atoms with van der Waals surface area (Å²) in [6, 6.07) is 1.74. The van der Waals surface area contributed by atoms with Crippen molar-refractivity contribution < 1.29 is 9.66 Å². The van der Waals surface area contributed by atoms with Gasteiger partial charge in [-0.1, -0.05) is 0 Å². The number of hydrogen-bond acceptors (Lipinski definition) is 5. The molecule has 18 heavy (non-hydrogen) atoms. The van der Waals surface area contributed by atoms with Crippen molar-refractivity contribution in [1.29, 1.82) is 0 Å². The standard InChI is InChI=1S/C12H17N3O3/c1-8-6-7-13-12(11(8)15(16)17)14-9-4-3-5-10(9)18-2/h6-7,9-10H,3-5H2,1-2H3,(H,13,14). The molecule has 1 fully saturated rings. The molecule has 1 heterocycles. The molecule has 1 aromatic heterocycles. The summed E-state index contributed by atoms with van der Waals surface area (Å²) in [7, 11) is 1.67. The first-order valence-corrected chi connectivity index (χ1v) is 6.03. The predicted octanol–water partition coefficient (Wildman–Crippen LogP) is 2.28. The predicted molar refractivity (Wildman–Crippen MR) is 67.7 cm³/mol. The topological polar surface area (TPSA) is 77.3 Å². The van der Waals surface area contributed by atoms with Gasteiger partial charge in [-0.05, 0) is 32.3 Å². The molecule has 1 aliphatic rings. The smallest absolute Gasteiger partial charge is 0.314 e. The van der Waals surface area contributed by atoms with Gasteiger partial charge in [-0.25, -0.2) is 4.98 Å². The van der Waals surface area contributed by atoms with Crippen molar-refractivity contribution in [1.82, 2.24) is 4.98 Å². The largest absolute Gasteiger partial charge is 0.379 e. The number of anilines is 1. The number of hydrogen-bond donors (Lipinski definition) is 1. The molecule has 1 saturated carbocycles. The number of nitrogens with zero attached hydrogens (tertiary/aromatic N) is 2. The van der Waals surface area contributed by atoms with Crippen LogP contribution in [-0.2, 0) is 4.74 Å². The summed E-state index contributed by atoms with van der Waals surface area (Å²) in [5, 5.41) is 14.2. The molecule has 98 valence electrons.